The summed E-state index contributed by atoms with van der Waals surface area (Å²) >= 11 is 3.54. The van der Waals surface area contributed by atoms with E-state index in [0.29, 0.717) is 5.69 Å². The number of nitrogens with two attached hydrogens (primary N) is 1. The fourth-order valence-electron chi connectivity index (χ4n) is 1.92. The van der Waals surface area contributed by atoms with Gasteiger partial charge in [-0.2, -0.15) is 0 Å². The van der Waals surface area contributed by atoms with E-state index in [1.807, 2.05) is 38.1 Å². The van der Waals surface area contributed by atoms with Crippen molar-refractivity contribution in [3.05, 3.63) is 46.4 Å². The van der Waals surface area contributed by atoms with Crippen LogP contribution in [0.15, 0.2) is 40.9 Å². The molecular formula is C16H19BrN2O. The van der Waals surface area contributed by atoms with E-state index < -0.39 is 0 Å². The average molecular weight is 335 g/mol. The van der Waals surface area contributed by atoms with Gasteiger partial charge < -0.3 is 15.8 Å². The van der Waals surface area contributed by atoms with Crippen molar-refractivity contribution < 1.29 is 4.74 Å². The van der Waals surface area contributed by atoms with Crippen molar-refractivity contribution in [2.24, 2.45) is 0 Å². The molecule has 0 heterocycles. The number of hydrogen-bond acceptors (Lipinski definition) is 3. The Bertz CT molecular complexity index is 611. The first-order valence-electron chi connectivity index (χ1n) is 6.54. The van der Waals surface area contributed by atoms with Crippen molar-refractivity contribution >= 4 is 33.0 Å². The van der Waals surface area contributed by atoms with Gasteiger partial charge >= 0.3 is 0 Å². The van der Waals surface area contributed by atoms with Crippen LogP contribution in [0.1, 0.15) is 19.4 Å². The maximum atomic E-state index is 5.93. The Hall–Kier alpha value is -1.68. The summed E-state index contributed by atoms with van der Waals surface area (Å²) in [4.78, 5) is 0. The molecule has 0 atom stereocenters. The van der Waals surface area contributed by atoms with Crippen molar-refractivity contribution in [1.29, 1.82) is 0 Å². The second-order valence-electron chi connectivity index (χ2n) is 5.07. The Morgan fingerprint density at radius 2 is 1.90 bits per heavy atom. The molecule has 0 aliphatic carbocycles. The summed E-state index contributed by atoms with van der Waals surface area (Å²) in [5, 5.41) is 3.36. The highest BCUT2D eigenvalue weighted by molar-refractivity contribution is 9.10. The van der Waals surface area contributed by atoms with Crippen LogP contribution in [0.3, 0.4) is 0 Å². The van der Waals surface area contributed by atoms with Gasteiger partial charge in [0.15, 0.2) is 0 Å². The quantitative estimate of drug-likeness (QED) is 0.784. The normalized spacial score (nSPS) is 10.7. The van der Waals surface area contributed by atoms with Crippen LogP contribution in [-0.2, 0) is 0 Å². The fraction of sp³-hybridized carbons (Fsp3) is 0.250. The van der Waals surface area contributed by atoms with Crippen LogP contribution in [-0.4, -0.2) is 6.10 Å². The molecule has 4 heteroatoms. The van der Waals surface area contributed by atoms with E-state index in [4.69, 9.17) is 10.5 Å². The Balaban J connectivity index is 2.28. The van der Waals surface area contributed by atoms with E-state index in [9.17, 15) is 0 Å². The average Bonchev–Trinajstić information content (AvgIpc) is 2.32. The van der Waals surface area contributed by atoms with E-state index in [-0.39, 0.29) is 6.10 Å². The minimum absolute atomic E-state index is 0.121. The zero-order chi connectivity index (χ0) is 14.7. The molecule has 106 valence electrons. The second kappa shape index (κ2) is 6.18. The number of nitrogen functional groups attached to an aromatic ring is 1. The number of rotatable bonds is 4. The van der Waals surface area contributed by atoms with E-state index in [0.717, 1.165) is 21.6 Å². The van der Waals surface area contributed by atoms with Gasteiger partial charge in [0.25, 0.3) is 0 Å². The summed E-state index contributed by atoms with van der Waals surface area (Å²) in [5.74, 6) is 0.770. The minimum Gasteiger partial charge on any atom is -0.491 e. The Morgan fingerprint density at radius 1 is 1.15 bits per heavy atom. The van der Waals surface area contributed by atoms with Gasteiger partial charge in [0.1, 0.15) is 5.75 Å². The summed E-state index contributed by atoms with van der Waals surface area (Å²) in [5.41, 5.74) is 9.71. The Morgan fingerprint density at radius 3 is 2.60 bits per heavy atom. The smallest absolute Gasteiger partial charge is 0.123 e. The highest BCUT2D eigenvalue weighted by Gasteiger charge is 2.05. The van der Waals surface area contributed by atoms with Crippen LogP contribution in [0.4, 0.5) is 17.1 Å². The minimum atomic E-state index is 0.121. The predicted octanol–water partition coefficient (Wildman–Crippen LogP) is 4.87. The van der Waals surface area contributed by atoms with Crippen molar-refractivity contribution in [3.63, 3.8) is 0 Å². The summed E-state index contributed by atoms with van der Waals surface area (Å²) in [6, 6.07) is 11.8. The van der Waals surface area contributed by atoms with Crippen LogP contribution in [0, 0.1) is 6.92 Å². The number of anilines is 3. The topological polar surface area (TPSA) is 47.3 Å². The zero-order valence-corrected chi connectivity index (χ0v) is 13.5. The molecule has 0 radical (unpaired) electrons. The molecule has 0 aliphatic rings. The van der Waals surface area contributed by atoms with Gasteiger partial charge in [-0.25, -0.2) is 0 Å². The summed E-state index contributed by atoms with van der Waals surface area (Å²) in [6.45, 7) is 6.05. The molecule has 2 rings (SSSR count). The van der Waals surface area contributed by atoms with Gasteiger partial charge in [-0.05, 0) is 60.5 Å². The van der Waals surface area contributed by atoms with Crippen LogP contribution in [0.25, 0.3) is 0 Å². The molecule has 3 nitrogen and oxygen atoms in total. The van der Waals surface area contributed by atoms with Gasteiger partial charge in [-0.1, -0.05) is 6.07 Å². The number of nitrogens with one attached hydrogen (secondary N) is 1. The summed E-state index contributed by atoms with van der Waals surface area (Å²) in [7, 11) is 0. The molecule has 0 saturated heterocycles. The molecule has 20 heavy (non-hydrogen) atoms. The fourth-order valence-corrected chi connectivity index (χ4v) is 2.27. The number of ether oxygens (including phenoxy) is 1. The van der Waals surface area contributed by atoms with E-state index in [1.165, 1.54) is 5.56 Å². The predicted molar refractivity (Wildman–Crippen MR) is 88.8 cm³/mol. The van der Waals surface area contributed by atoms with Gasteiger partial charge in [-0.15, -0.1) is 0 Å². The maximum Gasteiger partial charge on any atom is 0.123 e. The van der Waals surface area contributed by atoms with Gasteiger partial charge in [0.2, 0.25) is 0 Å². The Kier molecular flexibility index (Phi) is 4.55. The number of aryl methyl sites for hydroxylation is 1. The molecule has 3 N–H and O–H groups in total. The molecule has 2 aromatic carbocycles. The molecular weight excluding hydrogens is 316 g/mol. The first-order chi connectivity index (χ1) is 9.44. The molecule has 0 bridgehead atoms. The second-order valence-corrected chi connectivity index (χ2v) is 5.92. The highest BCUT2D eigenvalue weighted by atomic mass is 79.9. The van der Waals surface area contributed by atoms with E-state index in [2.05, 4.69) is 40.3 Å². The number of hydrogen-bond donors (Lipinski definition) is 2. The lowest BCUT2D eigenvalue weighted by atomic mass is 10.2. The van der Waals surface area contributed by atoms with Gasteiger partial charge in [0, 0.05) is 28.0 Å². The third-order valence-corrected chi connectivity index (χ3v) is 3.39. The third-order valence-electron chi connectivity index (χ3n) is 2.70. The van der Waals surface area contributed by atoms with Crippen molar-refractivity contribution in [2.75, 3.05) is 11.1 Å². The largest absolute Gasteiger partial charge is 0.491 e. The lowest BCUT2D eigenvalue weighted by molar-refractivity contribution is 0.242. The molecule has 2 aromatic rings. The molecule has 0 aromatic heterocycles. The molecule has 0 unspecified atom stereocenters. The van der Waals surface area contributed by atoms with Gasteiger partial charge in [-0.3, -0.25) is 0 Å². The number of halogens is 1. The van der Waals surface area contributed by atoms with Crippen molar-refractivity contribution in [1.82, 2.24) is 0 Å². The Labute approximate surface area is 128 Å². The lowest BCUT2D eigenvalue weighted by Crippen LogP contribution is -2.06. The standard InChI is InChI=1S/C16H19BrN2O/c1-10(2)20-14-8-12(18)7-13(9-14)19-16-6-11(3)4-5-15(16)17/h4-10,19H,18H2,1-3H3. The first-order valence-corrected chi connectivity index (χ1v) is 7.34. The first kappa shape index (κ1) is 14.7. The summed E-state index contributed by atoms with van der Waals surface area (Å²) < 4.78 is 6.71. The van der Waals surface area contributed by atoms with Crippen molar-refractivity contribution in [2.45, 2.75) is 26.9 Å². The molecule has 0 fully saturated rings. The van der Waals surface area contributed by atoms with E-state index in [1.54, 1.807) is 0 Å². The zero-order valence-electron chi connectivity index (χ0n) is 11.9. The molecule has 0 saturated carbocycles. The molecule has 0 aliphatic heterocycles. The molecule has 0 spiro atoms. The van der Waals surface area contributed by atoms with Crippen LogP contribution in [0.5, 0.6) is 5.75 Å². The lowest BCUT2D eigenvalue weighted by Gasteiger charge is -2.14. The number of benzene rings is 2. The highest BCUT2D eigenvalue weighted by Crippen LogP contribution is 2.30. The van der Waals surface area contributed by atoms with E-state index >= 15 is 0 Å². The molecule has 0 amide bonds. The van der Waals surface area contributed by atoms with Crippen LogP contribution in [0.2, 0.25) is 0 Å². The maximum absolute atomic E-state index is 5.93. The monoisotopic (exact) mass is 334 g/mol. The summed E-state index contributed by atoms with van der Waals surface area (Å²) in [6.07, 6.45) is 0.121. The van der Waals surface area contributed by atoms with Crippen molar-refractivity contribution in [3.8, 4) is 5.75 Å². The van der Waals surface area contributed by atoms with Crippen LogP contribution >= 0.6 is 15.9 Å². The van der Waals surface area contributed by atoms with Gasteiger partial charge in [0.05, 0.1) is 11.8 Å². The SMILES string of the molecule is Cc1ccc(Br)c(Nc2cc(N)cc(OC(C)C)c2)c1. The van der Waals surface area contributed by atoms with Crippen LogP contribution < -0.4 is 15.8 Å². The third kappa shape index (κ3) is 3.90.